The van der Waals surface area contributed by atoms with Gasteiger partial charge in [0.1, 0.15) is 0 Å². The molecule has 1 aromatic heterocycles. The molecule has 0 spiro atoms. The molecule has 0 bridgehead atoms. The molecule has 1 aliphatic rings. The van der Waals surface area contributed by atoms with Crippen LogP contribution in [0.2, 0.25) is 0 Å². The summed E-state index contributed by atoms with van der Waals surface area (Å²) in [6, 6.07) is 21.5. The first-order valence-corrected chi connectivity index (χ1v) is 11.0. The molecule has 0 saturated carbocycles. The van der Waals surface area contributed by atoms with Gasteiger partial charge >= 0.3 is 0 Å². The van der Waals surface area contributed by atoms with E-state index in [1.54, 1.807) is 23.7 Å². The van der Waals surface area contributed by atoms with Crippen LogP contribution in [-0.4, -0.2) is 23.1 Å². The topological polar surface area (TPSA) is 59.2 Å². The summed E-state index contributed by atoms with van der Waals surface area (Å²) in [6.45, 7) is 0. The van der Waals surface area contributed by atoms with Crippen molar-refractivity contribution in [3.05, 3.63) is 88.2 Å². The van der Waals surface area contributed by atoms with Gasteiger partial charge in [0.05, 0.1) is 17.7 Å². The van der Waals surface area contributed by atoms with Crippen molar-refractivity contribution in [3.63, 3.8) is 0 Å². The third-order valence-electron chi connectivity index (χ3n) is 4.99. The van der Waals surface area contributed by atoms with Crippen LogP contribution in [0.25, 0.3) is 11.4 Å². The van der Waals surface area contributed by atoms with E-state index >= 15 is 0 Å². The molecule has 0 aliphatic carbocycles. The second kappa shape index (κ2) is 7.74. The van der Waals surface area contributed by atoms with Crippen molar-refractivity contribution < 1.29 is 9.32 Å². The quantitative estimate of drug-likeness (QED) is 0.371. The summed E-state index contributed by atoms with van der Waals surface area (Å²) in [4.78, 5) is 21.0. The van der Waals surface area contributed by atoms with Crippen LogP contribution in [0, 0.1) is 0 Å². The van der Waals surface area contributed by atoms with Gasteiger partial charge in [0, 0.05) is 26.9 Å². The summed E-state index contributed by atoms with van der Waals surface area (Å²) in [5, 5.41) is 4.17. The maximum atomic E-state index is 12.8. The molecule has 7 heteroatoms. The first kappa shape index (κ1) is 19.1. The predicted octanol–water partition coefficient (Wildman–Crippen LogP) is 5.83. The molecular weight excluding hydrogens is 462 g/mol. The van der Waals surface area contributed by atoms with Crippen LogP contribution in [-0.2, 0) is 6.42 Å². The summed E-state index contributed by atoms with van der Waals surface area (Å²) in [5.41, 5.74) is 3.51. The summed E-state index contributed by atoms with van der Waals surface area (Å²) >= 11 is 5.13. The Labute approximate surface area is 186 Å². The molecule has 1 amide bonds. The number of hydrogen-bond acceptors (Lipinski definition) is 5. The Kier molecular flexibility index (Phi) is 4.92. The molecule has 30 heavy (non-hydrogen) atoms. The molecule has 4 aromatic rings. The normalized spacial score (nSPS) is 13.0. The second-order valence-corrected chi connectivity index (χ2v) is 8.86. The molecule has 5 nitrogen and oxygen atoms in total. The van der Waals surface area contributed by atoms with Gasteiger partial charge in [0.15, 0.2) is 0 Å². The molecule has 0 atom stereocenters. The Bertz CT molecular complexity index is 1270. The summed E-state index contributed by atoms with van der Waals surface area (Å²) in [6.07, 6.45) is 0.554. The van der Waals surface area contributed by atoms with E-state index in [0.717, 1.165) is 31.1 Å². The highest BCUT2D eigenvalue weighted by atomic mass is 79.9. The first-order chi connectivity index (χ1) is 14.6. The number of benzene rings is 3. The zero-order valence-electron chi connectivity index (χ0n) is 16.0. The Balaban J connectivity index is 1.49. The van der Waals surface area contributed by atoms with Crippen molar-refractivity contribution in [2.75, 3.05) is 11.9 Å². The number of aromatic nitrogens is 2. The molecule has 0 fully saturated rings. The van der Waals surface area contributed by atoms with E-state index in [2.05, 4.69) is 26.1 Å². The van der Waals surface area contributed by atoms with Crippen molar-refractivity contribution in [2.24, 2.45) is 0 Å². The van der Waals surface area contributed by atoms with Crippen LogP contribution in [0.1, 0.15) is 21.8 Å². The molecular formula is C23H16BrN3O2S. The van der Waals surface area contributed by atoms with E-state index in [0.29, 0.717) is 23.7 Å². The number of anilines is 1. The Hall–Kier alpha value is -2.90. The minimum atomic E-state index is -0.0140. The fourth-order valence-electron chi connectivity index (χ4n) is 3.40. The van der Waals surface area contributed by atoms with Crippen molar-refractivity contribution >= 4 is 39.3 Å². The van der Waals surface area contributed by atoms with Gasteiger partial charge in [0.2, 0.25) is 11.7 Å². The fourth-order valence-corrected chi connectivity index (χ4v) is 4.97. The smallest absolute Gasteiger partial charge is 0.259 e. The zero-order chi connectivity index (χ0) is 20.7. The summed E-state index contributed by atoms with van der Waals surface area (Å²) in [7, 11) is 1.80. The molecule has 5 rings (SSSR count). The lowest BCUT2D eigenvalue weighted by Crippen LogP contribution is -2.25. The minimum Gasteiger partial charge on any atom is -0.339 e. The largest absolute Gasteiger partial charge is 0.339 e. The summed E-state index contributed by atoms with van der Waals surface area (Å²) in [5.74, 6) is 1.07. The maximum absolute atomic E-state index is 12.8. The lowest BCUT2D eigenvalue weighted by molar-refractivity contribution is 0.0990. The van der Waals surface area contributed by atoms with E-state index in [4.69, 9.17) is 4.52 Å². The van der Waals surface area contributed by atoms with Crippen LogP contribution >= 0.6 is 27.7 Å². The standard InChI is InChI=1S/C23H16BrN3O2S/c1-27-18-11-10-15(12-20(18)30-19-9-5-3-7-16(19)23(27)28)22-25-21(29-26-22)13-14-6-2-4-8-17(14)24/h2-12H,13H2,1H3. The number of hydrogen-bond donors (Lipinski definition) is 0. The molecule has 1 aliphatic heterocycles. The van der Waals surface area contributed by atoms with Crippen molar-refractivity contribution in [2.45, 2.75) is 16.2 Å². The number of halogens is 1. The van der Waals surface area contributed by atoms with E-state index < -0.39 is 0 Å². The van der Waals surface area contributed by atoms with Crippen molar-refractivity contribution in [3.8, 4) is 11.4 Å². The second-order valence-electron chi connectivity index (χ2n) is 6.92. The Morgan fingerprint density at radius 3 is 2.70 bits per heavy atom. The number of rotatable bonds is 3. The van der Waals surface area contributed by atoms with Crippen LogP contribution in [0.15, 0.2) is 85.5 Å². The monoisotopic (exact) mass is 477 g/mol. The molecule has 2 heterocycles. The predicted molar refractivity (Wildman–Crippen MR) is 120 cm³/mol. The minimum absolute atomic E-state index is 0.0140. The van der Waals surface area contributed by atoms with E-state index in [9.17, 15) is 4.79 Å². The van der Waals surface area contributed by atoms with Crippen LogP contribution in [0.3, 0.4) is 0 Å². The van der Waals surface area contributed by atoms with Gasteiger partial charge in [-0.2, -0.15) is 4.98 Å². The van der Waals surface area contributed by atoms with Crippen molar-refractivity contribution in [1.82, 2.24) is 10.1 Å². The van der Waals surface area contributed by atoms with Crippen LogP contribution < -0.4 is 4.90 Å². The van der Waals surface area contributed by atoms with Crippen LogP contribution in [0.5, 0.6) is 0 Å². The highest BCUT2D eigenvalue weighted by molar-refractivity contribution is 9.10. The van der Waals surface area contributed by atoms with Gasteiger partial charge in [-0.25, -0.2) is 0 Å². The summed E-state index contributed by atoms with van der Waals surface area (Å²) < 4.78 is 6.50. The van der Waals surface area contributed by atoms with Gasteiger partial charge in [0.25, 0.3) is 5.91 Å². The van der Waals surface area contributed by atoms with Gasteiger partial charge in [-0.05, 0) is 42.0 Å². The molecule has 0 radical (unpaired) electrons. The SMILES string of the molecule is CN1C(=O)c2ccccc2Sc2cc(-c3noc(Cc4ccccc4Br)n3)ccc21. The lowest BCUT2D eigenvalue weighted by atomic mass is 10.1. The molecule has 3 aromatic carbocycles. The maximum Gasteiger partial charge on any atom is 0.259 e. The fraction of sp³-hybridized carbons (Fsp3) is 0.0870. The third kappa shape index (κ3) is 3.44. The average molecular weight is 478 g/mol. The first-order valence-electron chi connectivity index (χ1n) is 9.35. The van der Waals surface area contributed by atoms with Gasteiger partial charge in [-0.1, -0.05) is 63.2 Å². The molecule has 148 valence electrons. The molecule has 0 unspecified atom stereocenters. The number of carbonyl (C=O) groups is 1. The molecule has 0 saturated heterocycles. The molecule has 0 N–H and O–H groups in total. The van der Waals surface area contributed by atoms with Gasteiger partial charge in [-0.3, -0.25) is 4.79 Å². The number of fused-ring (bicyclic) bond motifs is 2. The Morgan fingerprint density at radius 1 is 1.03 bits per heavy atom. The zero-order valence-corrected chi connectivity index (χ0v) is 18.4. The van der Waals surface area contributed by atoms with Gasteiger partial charge < -0.3 is 9.42 Å². The lowest BCUT2D eigenvalue weighted by Gasteiger charge is -2.17. The van der Waals surface area contributed by atoms with E-state index in [-0.39, 0.29) is 5.91 Å². The van der Waals surface area contributed by atoms with Crippen LogP contribution in [0.4, 0.5) is 5.69 Å². The number of amides is 1. The number of nitrogens with zero attached hydrogens (tertiary/aromatic N) is 3. The average Bonchev–Trinajstić information content (AvgIpc) is 3.19. The highest BCUT2D eigenvalue weighted by Gasteiger charge is 2.25. The van der Waals surface area contributed by atoms with Gasteiger partial charge in [-0.15, -0.1) is 0 Å². The third-order valence-corrected chi connectivity index (χ3v) is 6.89. The van der Waals surface area contributed by atoms with Crippen molar-refractivity contribution in [1.29, 1.82) is 0 Å². The van der Waals surface area contributed by atoms with E-state index in [1.165, 1.54) is 0 Å². The van der Waals surface area contributed by atoms with E-state index in [1.807, 2.05) is 66.7 Å². The number of carbonyl (C=O) groups excluding carboxylic acids is 1. The highest BCUT2D eigenvalue weighted by Crippen LogP contribution is 2.42. The Morgan fingerprint density at radius 2 is 1.83 bits per heavy atom.